The van der Waals surface area contributed by atoms with E-state index in [0.29, 0.717) is 11.7 Å². The number of ether oxygens (including phenoxy) is 1. The van der Waals surface area contributed by atoms with Crippen molar-refractivity contribution in [3.05, 3.63) is 66.2 Å². The first-order chi connectivity index (χ1) is 16.5. The summed E-state index contributed by atoms with van der Waals surface area (Å²) in [4.78, 5) is 30.9. The number of piperidine rings is 1. The van der Waals surface area contributed by atoms with E-state index in [-0.39, 0.29) is 25.0 Å². The number of carbonyl (C=O) groups excluding carboxylic acids is 2. The van der Waals surface area contributed by atoms with Crippen molar-refractivity contribution in [2.75, 3.05) is 39.5 Å². The molecule has 1 atom stereocenters. The molecule has 0 spiro atoms. The molecule has 7 heteroatoms. The Morgan fingerprint density at radius 3 is 2.35 bits per heavy atom. The molecule has 3 rings (SSSR count). The number of nitrogens with one attached hydrogen (secondary N) is 1. The minimum Gasteiger partial charge on any atom is -0.445 e. The molecule has 2 aromatic carbocycles. The topological polar surface area (TPSA) is 61.9 Å². The van der Waals surface area contributed by atoms with Crippen LogP contribution in [0, 0.1) is 5.92 Å². The van der Waals surface area contributed by atoms with Crippen molar-refractivity contribution in [1.29, 1.82) is 0 Å². The number of alkyl carbamates (subject to hydrolysis) is 1. The maximum atomic E-state index is 13.1. The fraction of sp³-hybridized carbons (Fsp3) is 0.481. The van der Waals surface area contributed by atoms with Crippen molar-refractivity contribution in [3.63, 3.8) is 0 Å². The number of rotatable bonds is 11. The fourth-order valence-corrected chi connectivity index (χ4v) is 4.99. The number of thioether (sulfide) groups is 1. The monoisotopic (exact) mass is 483 g/mol. The zero-order valence-corrected chi connectivity index (χ0v) is 21.1. The normalized spacial score (nSPS) is 15.2. The van der Waals surface area contributed by atoms with E-state index in [2.05, 4.69) is 24.3 Å². The predicted molar refractivity (Wildman–Crippen MR) is 138 cm³/mol. The highest BCUT2D eigenvalue weighted by Crippen LogP contribution is 2.23. The van der Waals surface area contributed by atoms with Gasteiger partial charge in [0.25, 0.3) is 0 Å². The van der Waals surface area contributed by atoms with Crippen LogP contribution in [0.15, 0.2) is 65.6 Å². The minimum absolute atomic E-state index is 0.105. The Kier molecular flexibility index (Phi) is 10.8. The van der Waals surface area contributed by atoms with Gasteiger partial charge in [0.1, 0.15) is 6.61 Å². The van der Waals surface area contributed by atoms with E-state index in [1.54, 1.807) is 11.8 Å². The molecule has 1 aliphatic heterocycles. The van der Waals surface area contributed by atoms with Crippen LogP contribution in [0.4, 0.5) is 4.79 Å². The van der Waals surface area contributed by atoms with Gasteiger partial charge in [-0.2, -0.15) is 0 Å². The van der Waals surface area contributed by atoms with E-state index in [1.165, 1.54) is 6.42 Å². The van der Waals surface area contributed by atoms with Crippen molar-refractivity contribution in [2.45, 2.75) is 43.2 Å². The zero-order valence-electron chi connectivity index (χ0n) is 20.3. The fourth-order valence-electron chi connectivity index (χ4n) is 4.05. The third-order valence-electron chi connectivity index (χ3n) is 6.10. The summed E-state index contributed by atoms with van der Waals surface area (Å²) in [5, 5.41) is 2.93. The molecule has 0 aromatic heterocycles. The Bertz CT molecular complexity index is 871. The summed E-state index contributed by atoms with van der Waals surface area (Å²) >= 11 is 1.64. The van der Waals surface area contributed by atoms with E-state index in [1.807, 2.05) is 65.6 Å². The lowest BCUT2D eigenvalue weighted by atomic mass is 9.93. The number of amides is 2. The van der Waals surface area contributed by atoms with Gasteiger partial charge in [-0.15, -0.1) is 11.8 Å². The lowest BCUT2D eigenvalue weighted by Crippen LogP contribution is -2.44. The molecule has 1 fully saturated rings. The second kappa shape index (κ2) is 14.0. The summed E-state index contributed by atoms with van der Waals surface area (Å²) in [7, 11) is 4.20. The summed E-state index contributed by atoms with van der Waals surface area (Å²) in [6, 6.07) is 19.3. The van der Waals surface area contributed by atoms with E-state index >= 15 is 0 Å². The van der Waals surface area contributed by atoms with Gasteiger partial charge in [0.05, 0.1) is 6.04 Å². The van der Waals surface area contributed by atoms with Crippen LogP contribution in [0.2, 0.25) is 0 Å². The molecule has 0 aliphatic carbocycles. The average Bonchev–Trinajstić information content (AvgIpc) is 2.86. The van der Waals surface area contributed by atoms with Crippen LogP contribution in [0.1, 0.15) is 31.2 Å². The lowest BCUT2D eigenvalue weighted by molar-refractivity contribution is -0.133. The third-order valence-corrected chi connectivity index (χ3v) is 7.28. The van der Waals surface area contributed by atoms with Crippen molar-refractivity contribution in [3.8, 4) is 0 Å². The van der Waals surface area contributed by atoms with Crippen molar-refractivity contribution < 1.29 is 14.3 Å². The number of nitrogens with zero attached hydrogens (tertiary/aromatic N) is 2. The molecule has 6 nitrogen and oxygen atoms in total. The van der Waals surface area contributed by atoms with E-state index in [0.717, 1.165) is 42.9 Å². The molecule has 34 heavy (non-hydrogen) atoms. The van der Waals surface area contributed by atoms with Crippen molar-refractivity contribution in [1.82, 2.24) is 15.1 Å². The van der Waals surface area contributed by atoms with Gasteiger partial charge in [0.15, 0.2) is 0 Å². The zero-order chi connectivity index (χ0) is 24.2. The molecular formula is C27H37N3O3S. The van der Waals surface area contributed by atoms with Crippen LogP contribution < -0.4 is 5.32 Å². The summed E-state index contributed by atoms with van der Waals surface area (Å²) < 4.78 is 5.41. The molecule has 1 heterocycles. The molecule has 0 bridgehead atoms. The summed E-state index contributed by atoms with van der Waals surface area (Å²) in [6.45, 7) is 2.90. The number of hydrogen-bond acceptors (Lipinski definition) is 5. The molecule has 1 saturated heterocycles. The molecule has 0 saturated carbocycles. The van der Waals surface area contributed by atoms with E-state index < -0.39 is 6.09 Å². The van der Waals surface area contributed by atoms with Gasteiger partial charge in [0, 0.05) is 30.2 Å². The van der Waals surface area contributed by atoms with Crippen LogP contribution in [-0.4, -0.2) is 67.3 Å². The Morgan fingerprint density at radius 1 is 1.06 bits per heavy atom. The highest BCUT2D eigenvalue weighted by Gasteiger charge is 2.26. The molecular weight excluding hydrogens is 446 g/mol. The molecule has 0 radical (unpaired) electrons. The second-order valence-corrected chi connectivity index (χ2v) is 10.2. The quantitative estimate of drug-likeness (QED) is 0.471. The SMILES string of the molecule is CN(C)CCC1CCN(C(=O)CC(CSc2ccccc2)NC(=O)OCc2ccccc2)CC1. The summed E-state index contributed by atoms with van der Waals surface area (Å²) in [6.07, 6.45) is 3.08. The first kappa shape index (κ1) is 26.1. The van der Waals surface area contributed by atoms with Crippen LogP contribution in [-0.2, 0) is 16.1 Å². The molecule has 184 valence electrons. The first-order valence-electron chi connectivity index (χ1n) is 12.1. The first-order valence-corrected chi connectivity index (χ1v) is 13.1. The molecule has 1 aliphatic rings. The van der Waals surface area contributed by atoms with E-state index in [4.69, 9.17) is 4.74 Å². The Balaban J connectivity index is 1.51. The maximum absolute atomic E-state index is 13.1. The van der Waals surface area contributed by atoms with Gasteiger partial charge in [-0.05, 0) is 63.5 Å². The van der Waals surface area contributed by atoms with Crippen LogP contribution >= 0.6 is 11.8 Å². The Hall–Kier alpha value is -2.51. The smallest absolute Gasteiger partial charge is 0.407 e. The lowest BCUT2D eigenvalue weighted by Gasteiger charge is -2.33. The van der Waals surface area contributed by atoms with Gasteiger partial charge in [0.2, 0.25) is 5.91 Å². The molecule has 2 aromatic rings. The largest absolute Gasteiger partial charge is 0.445 e. The Labute approximate surface area is 208 Å². The highest BCUT2D eigenvalue weighted by atomic mass is 32.2. The second-order valence-electron chi connectivity index (χ2n) is 9.15. The highest BCUT2D eigenvalue weighted by molar-refractivity contribution is 7.99. The van der Waals surface area contributed by atoms with Crippen molar-refractivity contribution >= 4 is 23.8 Å². The maximum Gasteiger partial charge on any atom is 0.407 e. The van der Waals surface area contributed by atoms with Crippen LogP contribution in [0.3, 0.4) is 0 Å². The average molecular weight is 484 g/mol. The predicted octanol–water partition coefficient (Wildman–Crippen LogP) is 4.65. The summed E-state index contributed by atoms with van der Waals surface area (Å²) in [5.41, 5.74) is 0.932. The minimum atomic E-state index is -0.488. The standard InChI is InChI=1S/C27H37N3O3S/c1-29(2)16-13-22-14-17-30(18-15-22)26(31)19-24(21-34-25-11-7-4-8-12-25)28-27(32)33-20-23-9-5-3-6-10-23/h3-12,22,24H,13-21H2,1-2H3,(H,28,32). The molecule has 1 unspecified atom stereocenters. The number of carbonyl (C=O) groups is 2. The van der Waals surface area contributed by atoms with E-state index in [9.17, 15) is 9.59 Å². The summed E-state index contributed by atoms with van der Waals surface area (Å²) in [5.74, 6) is 1.39. The van der Waals surface area contributed by atoms with Gasteiger partial charge in [-0.25, -0.2) is 4.79 Å². The molecule has 2 amide bonds. The van der Waals surface area contributed by atoms with Gasteiger partial charge >= 0.3 is 6.09 Å². The van der Waals surface area contributed by atoms with Gasteiger partial charge < -0.3 is 19.9 Å². The third kappa shape index (κ3) is 9.39. The number of hydrogen-bond donors (Lipinski definition) is 1. The Morgan fingerprint density at radius 2 is 1.71 bits per heavy atom. The van der Waals surface area contributed by atoms with Crippen molar-refractivity contribution in [2.24, 2.45) is 5.92 Å². The molecule has 1 N–H and O–H groups in total. The number of likely N-dealkylation sites (tertiary alicyclic amines) is 1. The van der Waals surface area contributed by atoms with Gasteiger partial charge in [-0.3, -0.25) is 4.79 Å². The van der Waals surface area contributed by atoms with Crippen LogP contribution in [0.5, 0.6) is 0 Å². The number of benzene rings is 2. The van der Waals surface area contributed by atoms with Gasteiger partial charge in [-0.1, -0.05) is 48.5 Å². The van der Waals surface area contributed by atoms with Crippen LogP contribution in [0.25, 0.3) is 0 Å².